The van der Waals surface area contributed by atoms with Gasteiger partial charge in [-0.3, -0.25) is 0 Å². The lowest BCUT2D eigenvalue weighted by molar-refractivity contribution is -0.0532. The third-order valence-electron chi connectivity index (χ3n) is 3.47. The number of hydrogen-bond acceptors (Lipinski definition) is 3. The largest absolute Gasteiger partial charge is 0.497 e. The van der Waals surface area contributed by atoms with Crippen LogP contribution in [0.15, 0.2) is 24.3 Å². The molecule has 1 saturated carbocycles. The van der Waals surface area contributed by atoms with E-state index in [1.807, 2.05) is 31.2 Å². The van der Waals surface area contributed by atoms with Crippen molar-refractivity contribution in [2.45, 2.75) is 44.4 Å². The van der Waals surface area contributed by atoms with Gasteiger partial charge in [-0.1, -0.05) is 12.1 Å². The van der Waals surface area contributed by atoms with E-state index in [1.165, 1.54) is 19.3 Å². The highest BCUT2D eigenvalue weighted by molar-refractivity contribution is 5.29. The summed E-state index contributed by atoms with van der Waals surface area (Å²) in [7, 11) is 1.66. The van der Waals surface area contributed by atoms with E-state index in [1.54, 1.807) is 7.11 Å². The summed E-state index contributed by atoms with van der Waals surface area (Å²) >= 11 is 0. The van der Waals surface area contributed by atoms with Crippen LogP contribution in [0.4, 0.5) is 0 Å². The van der Waals surface area contributed by atoms with Crippen LogP contribution in [0.1, 0.15) is 37.8 Å². The first-order valence-corrected chi connectivity index (χ1v) is 6.25. The summed E-state index contributed by atoms with van der Waals surface area (Å²) in [4.78, 5) is 0. The zero-order valence-electron chi connectivity index (χ0n) is 10.6. The van der Waals surface area contributed by atoms with Crippen molar-refractivity contribution in [2.24, 2.45) is 5.73 Å². The van der Waals surface area contributed by atoms with Crippen LogP contribution >= 0.6 is 0 Å². The molecule has 17 heavy (non-hydrogen) atoms. The number of benzene rings is 1. The van der Waals surface area contributed by atoms with Crippen molar-refractivity contribution in [3.05, 3.63) is 29.8 Å². The number of rotatable bonds is 5. The molecule has 2 unspecified atom stereocenters. The van der Waals surface area contributed by atoms with Crippen LogP contribution in [0.25, 0.3) is 0 Å². The molecule has 3 heteroatoms. The molecule has 0 aromatic heterocycles. The fraction of sp³-hybridized carbons (Fsp3) is 0.571. The second-order valence-corrected chi connectivity index (χ2v) is 4.69. The van der Waals surface area contributed by atoms with Gasteiger partial charge in [0, 0.05) is 0 Å². The van der Waals surface area contributed by atoms with Crippen LogP contribution in [-0.2, 0) is 4.74 Å². The molecule has 1 aromatic rings. The summed E-state index contributed by atoms with van der Waals surface area (Å²) in [6, 6.07) is 7.81. The lowest BCUT2D eigenvalue weighted by atomic mass is 9.95. The summed E-state index contributed by atoms with van der Waals surface area (Å²) in [5.74, 6) is 0.855. The molecule has 1 aliphatic rings. The minimum atomic E-state index is -0.0680. The molecule has 0 spiro atoms. The van der Waals surface area contributed by atoms with Crippen LogP contribution in [0, 0.1) is 0 Å². The lowest BCUT2D eigenvalue weighted by Gasteiger charge is -2.31. The summed E-state index contributed by atoms with van der Waals surface area (Å²) < 4.78 is 11.0. The molecular formula is C14H21NO2. The summed E-state index contributed by atoms with van der Waals surface area (Å²) in [5, 5.41) is 0. The van der Waals surface area contributed by atoms with E-state index in [0.717, 1.165) is 11.3 Å². The van der Waals surface area contributed by atoms with E-state index in [2.05, 4.69) is 0 Å². The first-order valence-electron chi connectivity index (χ1n) is 6.25. The minimum Gasteiger partial charge on any atom is -0.497 e. The molecule has 2 N–H and O–H groups in total. The molecule has 2 atom stereocenters. The molecule has 94 valence electrons. The number of nitrogens with two attached hydrogens (primary N) is 1. The van der Waals surface area contributed by atoms with E-state index in [9.17, 15) is 0 Å². The molecule has 0 aliphatic heterocycles. The fourth-order valence-electron chi connectivity index (χ4n) is 1.99. The molecule has 1 aromatic carbocycles. The Kier molecular flexibility index (Phi) is 4.02. The van der Waals surface area contributed by atoms with Crippen molar-refractivity contribution in [1.29, 1.82) is 0 Å². The van der Waals surface area contributed by atoms with Crippen molar-refractivity contribution in [3.63, 3.8) is 0 Å². The predicted molar refractivity (Wildman–Crippen MR) is 68.1 cm³/mol. The van der Waals surface area contributed by atoms with E-state index in [-0.39, 0.29) is 12.1 Å². The van der Waals surface area contributed by atoms with E-state index < -0.39 is 0 Å². The third-order valence-corrected chi connectivity index (χ3v) is 3.47. The monoisotopic (exact) mass is 235 g/mol. The fourth-order valence-corrected chi connectivity index (χ4v) is 1.99. The zero-order chi connectivity index (χ0) is 12.3. The van der Waals surface area contributed by atoms with Gasteiger partial charge in [0.05, 0.1) is 25.4 Å². The van der Waals surface area contributed by atoms with Gasteiger partial charge in [0.2, 0.25) is 0 Å². The highest BCUT2D eigenvalue weighted by atomic mass is 16.5. The minimum absolute atomic E-state index is 0.0636. The predicted octanol–water partition coefficient (Wildman–Crippen LogP) is 2.65. The van der Waals surface area contributed by atoms with Crippen LogP contribution in [0.5, 0.6) is 5.75 Å². The number of hydrogen-bond donors (Lipinski definition) is 1. The molecule has 0 amide bonds. The van der Waals surface area contributed by atoms with Gasteiger partial charge in [-0.2, -0.15) is 0 Å². The van der Waals surface area contributed by atoms with Crippen LogP contribution in [0.3, 0.4) is 0 Å². The summed E-state index contributed by atoms with van der Waals surface area (Å²) in [5.41, 5.74) is 7.29. The summed E-state index contributed by atoms with van der Waals surface area (Å²) in [6.45, 7) is 2.05. The van der Waals surface area contributed by atoms with Gasteiger partial charge in [0.25, 0.3) is 0 Å². The van der Waals surface area contributed by atoms with Crippen LogP contribution in [-0.4, -0.2) is 19.3 Å². The van der Waals surface area contributed by atoms with E-state index in [0.29, 0.717) is 6.10 Å². The molecule has 2 rings (SSSR count). The van der Waals surface area contributed by atoms with Crippen LogP contribution in [0.2, 0.25) is 0 Å². The van der Waals surface area contributed by atoms with Crippen molar-refractivity contribution >= 4 is 0 Å². The molecule has 0 heterocycles. The Bertz CT molecular complexity index is 346. The Balaban J connectivity index is 1.94. The SMILES string of the molecule is COc1ccc(C(N)C(C)OC2CCC2)cc1. The van der Waals surface area contributed by atoms with Gasteiger partial charge in [-0.05, 0) is 43.9 Å². The topological polar surface area (TPSA) is 44.5 Å². The van der Waals surface area contributed by atoms with Gasteiger partial charge in [0.15, 0.2) is 0 Å². The Labute approximate surface area is 103 Å². The smallest absolute Gasteiger partial charge is 0.118 e. The zero-order valence-corrected chi connectivity index (χ0v) is 10.6. The second-order valence-electron chi connectivity index (χ2n) is 4.69. The van der Waals surface area contributed by atoms with Gasteiger partial charge < -0.3 is 15.2 Å². The molecule has 3 nitrogen and oxygen atoms in total. The maximum atomic E-state index is 6.19. The average molecular weight is 235 g/mol. The van der Waals surface area contributed by atoms with Gasteiger partial charge >= 0.3 is 0 Å². The van der Waals surface area contributed by atoms with Crippen molar-refractivity contribution in [3.8, 4) is 5.75 Å². The average Bonchev–Trinajstić information content (AvgIpc) is 2.32. The quantitative estimate of drug-likeness (QED) is 0.853. The van der Waals surface area contributed by atoms with Crippen LogP contribution < -0.4 is 10.5 Å². The van der Waals surface area contributed by atoms with Crippen molar-refractivity contribution in [2.75, 3.05) is 7.11 Å². The Hall–Kier alpha value is -1.06. The van der Waals surface area contributed by atoms with Gasteiger partial charge in [-0.15, -0.1) is 0 Å². The first kappa shape index (κ1) is 12.4. The number of ether oxygens (including phenoxy) is 2. The normalized spacial score (nSPS) is 19.5. The first-order chi connectivity index (χ1) is 8.20. The second kappa shape index (κ2) is 5.52. The molecule has 0 radical (unpaired) electrons. The molecule has 0 saturated heterocycles. The maximum absolute atomic E-state index is 6.19. The van der Waals surface area contributed by atoms with E-state index >= 15 is 0 Å². The maximum Gasteiger partial charge on any atom is 0.118 e. The Morgan fingerprint density at radius 3 is 2.35 bits per heavy atom. The number of methoxy groups -OCH3 is 1. The standard InChI is InChI=1S/C14H21NO2/c1-10(17-13-4-3-5-13)14(15)11-6-8-12(16-2)9-7-11/h6-10,13-14H,3-5,15H2,1-2H3. The van der Waals surface area contributed by atoms with Crippen molar-refractivity contribution < 1.29 is 9.47 Å². The van der Waals surface area contributed by atoms with E-state index in [4.69, 9.17) is 15.2 Å². The lowest BCUT2D eigenvalue weighted by Crippen LogP contribution is -2.33. The molecule has 1 aliphatic carbocycles. The highest BCUT2D eigenvalue weighted by Crippen LogP contribution is 2.27. The Morgan fingerprint density at radius 1 is 1.24 bits per heavy atom. The van der Waals surface area contributed by atoms with Gasteiger partial charge in [0.1, 0.15) is 5.75 Å². The Morgan fingerprint density at radius 2 is 1.88 bits per heavy atom. The molecule has 0 bridgehead atoms. The molecular weight excluding hydrogens is 214 g/mol. The third kappa shape index (κ3) is 2.99. The van der Waals surface area contributed by atoms with Crippen molar-refractivity contribution in [1.82, 2.24) is 0 Å². The summed E-state index contributed by atoms with van der Waals surface area (Å²) in [6.07, 6.45) is 4.14. The highest BCUT2D eigenvalue weighted by Gasteiger charge is 2.24. The molecule has 1 fully saturated rings. The van der Waals surface area contributed by atoms with Gasteiger partial charge in [-0.25, -0.2) is 0 Å².